The van der Waals surface area contributed by atoms with Crippen LogP contribution in [0.25, 0.3) is 0 Å². The van der Waals surface area contributed by atoms with Gasteiger partial charge in [-0.3, -0.25) is 4.98 Å². The number of rotatable bonds is 2. The highest BCUT2D eigenvalue weighted by molar-refractivity contribution is 5.47. The Kier molecular flexibility index (Phi) is 3.15. The fourth-order valence-electron chi connectivity index (χ4n) is 2.47. The van der Waals surface area contributed by atoms with Crippen LogP contribution in [0.1, 0.15) is 39.0 Å². The first-order chi connectivity index (χ1) is 7.58. The topological polar surface area (TPSA) is 36.4 Å². The number of anilines is 1. The van der Waals surface area contributed by atoms with Gasteiger partial charge in [-0.05, 0) is 38.3 Å². The van der Waals surface area contributed by atoms with E-state index in [0.717, 1.165) is 18.2 Å². The van der Waals surface area contributed by atoms with Gasteiger partial charge in [0.2, 0.25) is 0 Å². The van der Waals surface area contributed by atoms with Gasteiger partial charge >= 0.3 is 0 Å². The first-order valence-corrected chi connectivity index (χ1v) is 5.98. The Morgan fingerprint density at radius 2 is 2.19 bits per heavy atom. The Morgan fingerprint density at radius 3 is 2.62 bits per heavy atom. The molecule has 0 bridgehead atoms. The van der Waals surface area contributed by atoms with Crippen molar-refractivity contribution in [3.05, 3.63) is 24.0 Å². The highest BCUT2D eigenvalue weighted by atomic mass is 16.3. The average Bonchev–Trinajstić information content (AvgIpc) is 2.58. The van der Waals surface area contributed by atoms with E-state index >= 15 is 0 Å². The summed E-state index contributed by atoms with van der Waals surface area (Å²) in [6.07, 6.45) is 2.64. The zero-order valence-corrected chi connectivity index (χ0v) is 10.2. The third-order valence-corrected chi connectivity index (χ3v) is 3.31. The summed E-state index contributed by atoms with van der Waals surface area (Å²) in [6.45, 7) is 7.39. The Balaban J connectivity index is 2.15. The maximum atomic E-state index is 9.40. The Hall–Kier alpha value is -1.09. The van der Waals surface area contributed by atoms with Gasteiger partial charge < -0.3 is 10.0 Å². The summed E-state index contributed by atoms with van der Waals surface area (Å²) in [4.78, 5) is 6.68. The van der Waals surface area contributed by atoms with Gasteiger partial charge in [-0.25, -0.2) is 0 Å². The van der Waals surface area contributed by atoms with Gasteiger partial charge in [0.05, 0.1) is 23.7 Å². The van der Waals surface area contributed by atoms with Crippen molar-refractivity contribution in [3.63, 3.8) is 0 Å². The summed E-state index contributed by atoms with van der Waals surface area (Å²) in [5, 5.41) is 9.40. The summed E-state index contributed by atoms with van der Waals surface area (Å²) in [6, 6.07) is 4.56. The standard InChI is InChI=1S/C13H20N2O/c1-9-6-10(2)15(8-9)12-4-5-13(11(3)16)14-7-12/h4-5,7,9-11,16H,6,8H2,1-3H3/t9?,10?,11-/m0/s1. The monoisotopic (exact) mass is 220 g/mol. The van der Waals surface area contributed by atoms with E-state index in [1.54, 1.807) is 6.92 Å². The van der Waals surface area contributed by atoms with Gasteiger partial charge in [0.1, 0.15) is 0 Å². The molecule has 2 unspecified atom stereocenters. The normalized spacial score (nSPS) is 27.1. The lowest BCUT2D eigenvalue weighted by molar-refractivity contribution is 0.194. The van der Waals surface area contributed by atoms with Crippen LogP contribution in [0.5, 0.6) is 0 Å². The number of nitrogens with zero attached hydrogens (tertiary/aromatic N) is 2. The van der Waals surface area contributed by atoms with Crippen LogP contribution in [0.2, 0.25) is 0 Å². The summed E-state index contributed by atoms with van der Waals surface area (Å²) >= 11 is 0. The molecule has 0 radical (unpaired) electrons. The van der Waals surface area contributed by atoms with E-state index < -0.39 is 6.10 Å². The molecule has 3 atom stereocenters. The van der Waals surface area contributed by atoms with Crippen LogP contribution in [0.4, 0.5) is 5.69 Å². The number of pyridine rings is 1. The van der Waals surface area contributed by atoms with Crippen molar-refractivity contribution >= 4 is 5.69 Å². The van der Waals surface area contributed by atoms with Gasteiger partial charge in [-0.2, -0.15) is 0 Å². The third-order valence-electron chi connectivity index (χ3n) is 3.31. The molecule has 0 amide bonds. The van der Waals surface area contributed by atoms with Crippen LogP contribution in [0.3, 0.4) is 0 Å². The molecule has 1 aromatic heterocycles. The van der Waals surface area contributed by atoms with Crippen molar-refractivity contribution in [1.29, 1.82) is 0 Å². The van der Waals surface area contributed by atoms with E-state index in [2.05, 4.69) is 29.8 Å². The molecule has 16 heavy (non-hydrogen) atoms. The molecular weight excluding hydrogens is 200 g/mol. The molecular formula is C13H20N2O. The van der Waals surface area contributed by atoms with Crippen molar-refractivity contribution in [2.45, 2.75) is 39.3 Å². The first kappa shape index (κ1) is 11.4. The number of hydrogen-bond acceptors (Lipinski definition) is 3. The molecule has 1 saturated heterocycles. The van der Waals surface area contributed by atoms with Crippen LogP contribution in [-0.4, -0.2) is 22.7 Å². The number of aliphatic hydroxyl groups excluding tert-OH is 1. The second-order valence-electron chi connectivity index (χ2n) is 4.96. The fraction of sp³-hybridized carbons (Fsp3) is 0.615. The zero-order valence-electron chi connectivity index (χ0n) is 10.2. The number of hydrogen-bond donors (Lipinski definition) is 1. The Labute approximate surface area is 97.1 Å². The smallest absolute Gasteiger partial charge is 0.0931 e. The molecule has 1 aromatic rings. The summed E-state index contributed by atoms with van der Waals surface area (Å²) in [5.41, 5.74) is 1.91. The molecule has 1 N–H and O–H groups in total. The molecule has 3 nitrogen and oxygen atoms in total. The van der Waals surface area contributed by atoms with Gasteiger partial charge in [0.25, 0.3) is 0 Å². The molecule has 2 heterocycles. The molecule has 0 saturated carbocycles. The van der Waals surface area contributed by atoms with E-state index in [1.807, 2.05) is 12.3 Å². The Morgan fingerprint density at radius 1 is 1.44 bits per heavy atom. The van der Waals surface area contributed by atoms with Crippen molar-refractivity contribution in [2.75, 3.05) is 11.4 Å². The highest BCUT2D eigenvalue weighted by Crippen LogP contribution is 2.28. The predicted octanol–water partition coefficient (Wildman–Crippen LogP) is 2.37. The molecule has 2 rings (SSSR count). The zero-order chi connectivity index (χ0) is 11.7. The quantitative estimate of drug-likeness (QED) is 0.831. The van der Waals surface area contributed by atoms with Gasteiger partial charge in [0.15, 0.2) is 0 Å². The second kappa shape index (κ2) is 4.42. The predicted molar refractivity (Wildman–Crippen MR) is 65.5 cm³/mol. The van der Waals surface area contributed by atoms with Crippen molar-refractivity contribution in [1.82, 2.24) is 4.98 Å². The van der Waals surface area contributed by atoms with Crippen LogP contribution < -0.4 is 4.90 Å². The maximum absolute atomic E-state index is 9.40. The number of aliphatic hydroxyl groups is 1. The van der Waals surface area contributed by atoms with E-state index in [4.69, 9.17) is 0 Å². The van der Waals surface area contributed by atoms with Crippen LogP contribution in [0.15, 0.2) is 18.3 Å². The van der Waals surface area contributed by atoms with Crippen LogP contribution >= 0.6 is 0 Å². The molecule has 1 aliphatic rings. The molecule has 88 valence electrons. The minimum Gasteiger partial charge on any atom is -0.387 e. The van der Waals surface area contributed by atoms with E-state index in [0.29, 0.717) is 6.04 Å². The molecule has 0 aromatic carbocycles. The van der Waals surface area contributed by atoms with Gasteiger partial charge in [-0.15, -0.1) is 0 Å². The van der Waals surface area contributed by atoms with Crippen molar-refractivity contribution in [3.8, 4) is 0 Å². The minimum absolute atomic E-state index is 0.482. The SMILES string of the molecule is CC1CC(C)N(c2ccc([C@H](C)O)nc2)C1. The highest BCUT2D eigenvalue weighted by Gasteiger charge is 2.26. The summed E-state index contributed by atoms with van der Waals surface area (Å²) < 4.78 is 0. The lowest BCUT2D eigenvalue weighted by atomic mass is 10.1. The summed E-state index contributed by atoms with van der Waals surface area (Å²) in [5.74, 6) is 0.756. The van der Waals surface area contributed by atoms with Crippen LogP contribution in [0, 0.1) is 5.92 Å². The van der Waals surface area contributed by atoms with E-state index in [1.165, 1.54) is 12.1 Å². The second-order valence-corrected chi connectivity index (χ2v) is 4.96. The number of aromatic nitrogens is 1. The van der Waals surface area contributed by atoms with Crippen molar-refractivity contribution < 1.29 is 5.11 Å². The largest absolute Gasteiger partial charge is 0.387 e. The lowest BCUT2D eigenvalue weighted by Gasteiger charge is -2.23. The molecule has 3 heteroatoms. The van der Waals surface area contributed by atoms with Gasteiger partial charge in [0, 0.05) is 12.6 Å². The van der Waals surface area contributed by atoms with Crippen LogP contribution in [-0.2, 0) is 0 Å². The molecule has 1 fully saturated rings. The lowest BCUT2D eigenvalue weighted by Crippen LogP contribution is -2.26. The Bertz CT molecular complexity index is 347. The fourth-order valence-corrected chi connectivity index (χ4v) is 2.47. The van der Waals surface area contributed by atoms with E-state index in [-0.39, 0.29) is 0 Å². The van der Waals surface area contributed by atoms with Crippen molar-refractivity contribution in [2.24, 2.45) is 5.92 Å². The molecule has 1 aliphatic heterocycles. The average molecular weight is 220 g/mol. The molecule has 0 aliphatic carbocycles. The summed E-state index contributed by atoms with van der Waals surface area (Å²) in [7, 11) is 0. The maximum Gasteiger partial charge on any atom is 0.0931 e. The van der Waals surface area contributed by atoms with E-state index in [9.17, 15) is 5.11 Å². The van der Waals surface area contributed by atoms with Gasteiger partial charge in [-0.1, -0.05) is 6.92 Å². The molecule has 0 spiro atoms. The first-order valence-electron chi connectivity index (χ1n) is 5.98. The minimum atomic E-state index is -0.482. The third kappa shape index (κ3) is 2.19.